The van der Waals surface area contributed by atoms with Crippen LogP contribution in [0.25, 0.3) is 0 Å². The highest BCUT2D eigenvalue weighted by molar-refractivity contribution is 5.37. The zero-order chi connectivity index (χ0) is 16.7. The molecule has 2 aliphatic heterocycles. The fourth-order valence-electron chi connectivity index (χ4n) is 5.15. The van der Waals surface area contributed by atoms with Gasteiger partial charge in [-0.1, -0.05) is 42.5 Å². The molecule has 1 atom stereocenters. The molecule has 1 spiro atoms. The Kier molecular flexibility index (Phi) is 3.82. The number of hydrogen-bond acceptors (Lipinski definition) is 2. The van der Waals surface area contributed by atoms with E-state index in [2.05, 4.69) is 53.4 Å². The minimum absolute atomic E-state index is 0.373. The van der Waals surface area contributed by atoms with Crippen LogP contribution < -0.4 is 4.74 Å². The fraction of sp³-hybridized carbons (Fsp3) is 0.478. The smallest absolute Gasteiger partial charge is 0.122 e. The van der Waals surface area contributed by atoms with E-state index in [1.807, 2.05) is 0 Å². The fourth-order valence-corrected chi connectivity index (χ4v) is 5.15. The summed E-state index contributed by atoms with van der Waals surface area (Å²) in [5.41, 5.74) is 4.97. The Labute approximate surface area is 150 Å². The Bertz CT molecular complexity index is 760. The van der Waals surface area contributed by atoms with Crippen molar-refractivity contribution in [2.75, 3.05) is 26.2 Å². The molecule has 0 N–H and O–H groups in total. The number of likely N-dealkylation sites (tertiary alicyclic amines) is 1. The first-order valence-electron chi connectivity index (χ1n) is 9.82. The largest absolute Gasteiger partial charge is 0.493 e. The lowest BCUT2D eigenvalue weighted by molar-refractivity contribution is 0.0389. The number of aryl methyl sites for hydroxylation is 1. The van der Waals surface area contributed by atoms with Gasteiger partial charge in [-0.2, -0.15) is 0 Å². The number of hydrogen-bond donors (Lipinski definition) is 0. The van der Waals surface area contributed by atoms with Crippen LogP contribution in [0.5, 0.6) is 5.75 Å². The number of fused-ring (bicyclic) bond motifs is 2. The van der Waals surface area contributed by atoms with Crippen molar-refractivity contribution in [3.05, 3.63) is 65.2 Å². The van der Waals surface area contributed by atoms with Crippen molar-refractivity contribution >= 4 is 0 Å². The lowest BCUT2D eigenvalue weighted by Crippen LogP contribution is -2.46. The second-order valence-corrected chi connectivity index (χ2v) is 8.31. The Balaban J connectivity index is 1.23. The van der Waals surface area contributed by atoms with Crippen LogP contribution in [0.3, 0.4) is 0 Å². The van der Waals surface area contributed by atoms with Crippen LogP contribution in [0.4, 0.5) is 0 Å². The summed E-state index contributed by atoms with van der Waals surface area (Å²) in [5.74, 6) is 1.85. The SMILES string of the molecule is c1ccc2c(c1)CC1(CCN(CC3CCc4ccccc43)CC1)CO2. The lowest BCUT2D eigenvalue weighted by Gasteiger charge is -2.44. The van der Waals surface area contributed by atoms with E-state index in [9.17, 15) is 0 Å². The molecule has 2 heteroatoms. The predicted octanol–water partition coefficient (Wildman–Crippen LogP) is 4.43. The van der Waals surface area contributed by atoms with Gasteiger partial charge in [0.05, 0.1) is 6.61 Å². The molecule has 0 saturated carbocycles. The summed E-state index contributed by atoms with van der Waals surface area (Å²) < 4.78 is 6.11. The van der Waals surface area contributed by atoms with Crippen LogP contribution in [-0.4, -0.2) is 31.1 Å². The third kappa shape index (κ3) is 2.87. The molecule has 25 heavy (non-hydrogen) atoms. The van der Waals surface area contributed by atoms with Crippen molar-refractivity contribution in [2.45, 2.75) is 38.0 Å². The molecule has 0 bridgehead atoms. The number of piperidine rings is 1. The Morgan fingerprint density at radius 2 is 1.72 bits per heavy atom. The Morgan fingerprint density at radius 3 is 2.60 bits per heavy atom. The molecular formula is C23H27NO. The molecule has 0 radical (unpaired) electrons. The third-order valence-electron chi connectivity index (χ3n) is 6.72. The summed E-state index contributed by atoms with van der Waals surface area (Å²) in [6, 6.07) is 17.7. The van der Waals surface area contributed by atoms with Gasteiger partial charge in [-0.25, -0.2) is 0 Å². The van der Waals surface area contributed by atoms with Crippen LogP contribution in [0.2, 0.25) is 0 Å². The van der Waals surface area contributed by atoms with Gasteiger partial charge in [0.25, 0.3) is 0 Å². The monoisotopic (exact) mass is 333 g/mol. The molecule has 0 aromatic heterocycles. The van der Waals surface area contributed by atoms with Crippen molar-refractivity contribution in [3.8, 4) is 5.75 Å². The molecule has 5 rings (SSSR count). The van der Waals surface area contributed by atoms with Crippen molar-refractivity contribution in [3.63, 3.8) is 0 Å². The Morgan fingerprint density at radius 1 is 0.960 bits per heavy atom. The summed E-state index contributed by atoms with van der Waals surface area (Å²) in [4.78, 5) is 2.71. The summed E-state index contributed by atoms with van der Waals surface area (Å²) in [6.45, 7) is 4.60. The van der Waals surface area contributed by atoms with Gasteiger partial charge in [-0.3, -0.25) is 0 Å². The summed E-state index contributed by atoms with van der Waals surface area (Å²) >= 11 is 0. The van der Waals surface area contributed by atoms with Crippen LogP contribution in [0, 0.1) is 5.41 Å². The first-order chi connectivity index (χ1) is 12.3. The maximum Gasteiger partial charge on any atom is 0.122 e. The molecule has 2 heterocycles. The first kappa shape index (κ1) is 15.5. The minimum Gasteiger partial charge on any atom is -0.493 e. The molecule has 1 aliphatic carbocycles. The Hall–Kier alpha value is -1.80. The number of nitrogens with zero attached hydrogens (tertiary/aromatic N) is 1. The summed E-state index contributed by atoms with van der Waals surface area (Å²) in [5, 5.41) is 0. The van der Waals surface area contributed by atoms with Gasteiger partial charge < -0.3 is 9.64 Å². The molecule has 0 amide bonds. The molecule has 2 nitrogen and oxygen atoms in total. The highest BCUT2D eigenvalue weighted by atomic mass is 16.5. The molecular weight excluding hydrogens is 306 g/mol. The molecule has 1 unspecified atom stereocenters. The van der Waals surface area contributed by atoms with E-state index in [0.717, 1.165) is 18.3 Å². The maximum atomic E-state index is 6.11. The van der Waals surface area contributed by atoms with Gasteiger partial charge >= 0.3 is 0 Å². The highest BCUT2D eigenvalue weighted by Gasteiger charge is 2.39. The molecule has 1 fully saturated rings. The van der Waals surface area contributed by atoms with E-state index >= 15 is 0 Å². The predicted molar refractivity (Wildman–Crippen MR) is 101 cm³/mol. The van der Waals surface area contributed by atoms with E-state index in [4.69, 9.17) is 4.74 Å². The van der Waals surface area contributed by atoms with Gasteiger partial charge in [-0.05, 0) is 73.9 Å². The van der Waals surface area contributed by atoms with Gasteiger partial charge in [0.1, 0.15) is 5.75 Å². The van der Waals surface area contributed by atoms with Crippen molar-refractivity contribution in [1.82, 2.24) is 4.90 Å². The zero-order valence-electron chi connectivity index (χ0n) is 14.9. The highest BCUT2D eigenvalue weighted by Crippen LogP contribution is 2.42. The van der Waals surface area contributed by atoms with Crippen LogP contribution in [0.15, 0.2) is 48.5 Å². The number of para-hydroxylation sites is 1. The number of rotatable bonds is 2. The van der Waals surface area contributed by atoms with Gasteiger partial charge in [0, 0.05) is 12.0 Å². The van der Waals surface area contributed by atoms with Gasteiger partial charge in [0.15, 0.2) is 0 Å². The van der Waals surface area contributed by atoms with Gasteiger partial charge in [0.2, 0.25) is 0 Å². The van der Waals surface area contributed by atoms with E-state index in [0.29, 0.717) is 5.41 Å². The standard InChI is InChI=1S/C23H27NO/c1-3-7-21-18(5-1)9-10-20(21)16-24-13-11-23(12-14-24)15-19-6-2-4-8-22(19)25-17-23/h1-8,20H,9-17H2. The topological polar surface area (TPSA) is 12.5 Å². The average molecular weight is 333 g/mol. The average Bonchev–Trinajstić information content (AvgIpc) is 3.07. The molecule has 2 aromatic carbocycles. The maximum absolute atomic E-state index is 6.11. The summed E-state index contributed by atoms with van der Waals surface area (Å²) in [7, 11) is 0. The second-order valence-electron chi connectivity index (χ2n) is 8.31. The molecule has 1 saturated heterocycles. The second kappa shape index (κ2) is 6.17. The number of benzene rings is 2. The third-order valence-corrected chi connectivity index (χ3v) is 6.72. The van der Waals surface area contributed by atoms with Crippen LogP contribution >= 0.6 is 0 Å². The van der Waals surface area contributed by atoms with E-state index in [1.54, 1.807) is 11.1 Å². The normalized spacial score (nSPS) is 24.6. The van der Waals surface area contributed by atoms with Crippen molar-refractivity contribution in [1.29, 1.82) is 0 Å². The zero-order valence-corrected chi connectivity index (χ0v) is 14.9. The molecule has 130 valence electrons. The van der Waals surface area contributed by atoms with Gasteiger partial charge in [-0.15, -0.1) is 0 Å². The minimum atomic E-state index is 0.373. The first-order valence-corrected chi connectivity index (χ1v) is 9.82. The number of ether oxygens (including phenoxy) is 1. The lowest BCUT2D eigenvalue weighted by atomic mass is 9.73. The van der Waals surface area contributed by atoms with Crippen LogP contribution in [-0.2, 0) is 12.8 Å². The molecule has 2 aromatic rings. The van der Waals surface area contributed by atoms with Crippen LogP contribution in [0.1, 0.15) is 41.9 Å². The van der Waals surface area contributed by atoms with E-state index in [1.165, 1.54) is 57.3 Å². The van der Waals surface area contributed by atoms with Crippen molar-refractivity contribution in [2.24, 2.45) is 5.41 Å². The van der Waals surface area contributed by atoms with E-state index in [-0.39, 0.29) is 0 Å². The summed E-state index contributed by atoms with van der Waals surface area (Å²) in [6.07, 6.45) is 6.34. The quantitative estimate of drug-likeness (QED) is 0.806. The molecule has 3 aliphatic rings. The van der Waals surface area contributed by atoms with Crippen molar-refractivity contribution < 1.29 is 4.74 Å². The van der Waals surface area contributed by atoms with E-state index < -0.39 is 0 Å².